The number of nitrogens with one attached hydrogen (secondary N) is 1. The first kappa shape index (κ1) is 17.3. The van der Waals surface area contributed by atoms with Crippen molar-refractivity contribution in [2.75, 3.05) is 11.9 Å². The maximum Gasteiger partial charge on any atom is 0.257 e. The van der Waals surface area contributed by atoms with Crippen LogP contribution in [0.1, 0.15) is 48.5 Å². The van der Waals surface area contributed by atoms with Gasteiger partial charge in [0.05, 0.1) is 5.56 Å². The van der Waals surface area contributed by atoms with Gasteiger partial charge in [-0.15, -0.1) is 0 Å². The van der Waals surface area contributed by atoms with Gasteiger partial charge in [-0.2, -0.15) is 0 Å². The fourth-order valence-electron chi connectivity index (χ4n) is 3.17. The zero-order valence-corrected chi connectivity index (χ0v) is 14.4. The van der Waals surface area contributed by atoms with Gasteiger partial charge in [-0.05, 0) is 43.4 Å². The van der Waals surface area contributed by atoms with Crippen LogP contribution in [0.5, 0.6) is 0 Å². The van der Waals surface area contributed by atoms with Gasteiger partial charge >= 0.3 is 0 Å². The molecule has 0 spiro atoms. The summed E-state index contributed by atoms with van der Waals surface area (Å²) in [5, 5.41) is 3.08. The van der Waals surface area contributed by atoms with Gasteiger partial charge < -0.3 is 10.2 Å². The Morgan fingerprint density at radius 3 is 2.64 bits per heavy atom. The van der Waals surface area contributed by atoms with Crippen molar-refractivity contribution in [1.82, 2.24) is 14.9 Å². The second kappa shape index (κ2) is 8.05. The third-order valence-electron chi connectivity index (χ3n) is 4.62. The van der Waals surface area contributed by atoms with Crippen molar-refractivity contribution >= 4 is 11.9 Å². The zero-order chi connectivity index (χ0) is 17.6. The molecular formula is C19H23FN4O. The number of amides is 1. The van der Waals surface area contributed by atoms with Crippen LogP contribution < -0.4 is 5.32 Å². The molecule has 1 aliphatic heterocycles. The Bertz CT molecular complexity index is 702. The molecule has 1 aliphatic rings. The van der Waals surface area contributed by atoms with E-state index in [0.29, 0.717) is 24.1 Å². The number of likely N-dealkylation sites (tertiary alicyclic amines) is 1. The van der Waals surface area contributed by atoms with E-state index in [1.54, 1.807) is 24.5 Å². The first-order chi connectivity index (χ1) is 12.2. The maximum atomic E-state index is 12.9. The van der Waals surface area contributed by atoms with Crippen LogP contribution in [0.15, 0.2) is 36.7 Å². The summed E-state index contributed by atoms with van der Waals surface area (Å²) in [6.07, 6.45) is 7.43. The number of piperidine rings is 1. The number of anilines is 1. The molecule has 1 aromatic carbocycles. The Balaban J connectivity index is 1.61. The summed E-state index contributed by atoms with van der Waals surface area (Å²) >= 11 is 0. The average Bonchev–Trinajstić information content (AvgIpc) is 2.67. The number of rotatable bonds is 5. The summed E-state index contributed by atoms with van der Waals surface area (Å²) in [6.45, 7) is 3.43. The molecule has 1 amide bonds. The van der Waals surface area contributed by atoms with E-state index >= 15 is 0 Å². The number of carbonyl (C=O) groups excluding carboxylic acids is 1. The van der Waals surface area contributed by atoms with Crippen LogP contribution >= 0.6 is 0 Å². The van der Waals surface area contributed by atoms with Crippen molar-refractivity contribution in [3.05, 3.63) is 53.6 Å². The first-order valence-electron chi connectivity index (χ1n) is 8.78. The Morgan fingerprint density at radius 2 is 1.96 bits per heavy atom. The fourth-order valence-corrected chi connectivity index (χ4v) is 3.17. The molecule has 1 fully saturated rings. The molecule has 0 saturated carbocycles. The van der Waals surface area contributed by atoms with Crippen molar-refractivity contribution in [2.45, 2.75) is 45.2 Å². The molecule has 0 aliphatic carbocycles. The van der Waals surface area contributed by atoms with Gasteiger partial charge in [0.25, 0.3) is 5.91 Å². The van der Waals surface area contributed by atoms with Crippen molar-refractivity contribution in [3.63, 3.8) is 0 Å². The highest BCUT2D eigenvalue weighted by atomic mass is 19.1. The highest BCUT2D eigenvalue weighted by Crippen LogP contribution is 2.21. The number of aromatic nitrogens is 2. The van der Waals surface area contributed by atoms with E-state index in [0.717, 1.165) is 31.4 Å². The summed E-state index contributed by atoms with van der Waals surface area (Å²) in [7, 11) is 0. The first-order valence-corrected chi connectivity index (χ1v) is 8.78. The van der Waals surface area contributed by atoms with Gasteiger partial charge in [0.15, 0.2) is 0 Å². The van der Waals surface area contributed by atoms with E-state index in [4.69, 9.17) is 0 Å². The molecular weight excluding hydrogens is 319 g/mol. The second-order valence-electron chi connectivity index (χ2n) is 6.33. The highest BCUT2D eigenvalue weighted by Gasteiger charge is 2.26. The topological polar surface area (TPSA) is 58.1 Å². The molecule has 132 valence electrons. The molecule has 2 heterocycles. The van der Waals surface area contributed by atoms with Crippen LogP contribution in [0.25, 0.3) is 0 Å². The summed E-state index contributed by atoms with van der Waals surface area (Å²) in [4.78, 5) is 23.1. The molecule has 0 bridgehead atoms. The molecule has 0 radical (unpaired) electrons. The summed E-state index contributed by atoms with van der Waals surface area (Å²) in [5.74, 6) is 0.203. The standard InChI is InChI=1S/C19H23FN4O/c1-2-17-5-3-4-10-24(17)18(25)15-12-22-19(23-13-15)21-11-14-6-8-16(20)9-7-14/h6-9,12-13,17H,2-5,10-11H2,1H3,(H,21,22,23). The SMILES string of the molecule is CCC1CCCCN1C(=O)c1cnc(NCc2ccc(F)cc2)nc1. The average molecular weight is 342 g/mol. The molecule has 3 rings (SSSR count). The smallest absolute Gasteiger partial charge is 0.257 e. The largest absolute Gasteiger partial charge is 0.350 e. The number of carbonyl (C=O) groups is 1. The quantitative estimate of drug-likeness (QED) is 0.901. The number of hydrogen-bond donors (Lipinski definition) is 1. The molecule has 6 heteroatoms. The van der Waals surface area contributed by atoms with Crippen LogP contribution in [0.3, 0.4) is 0 Å². The lowest BCUT2D eigenvalue weighted by Gasteiger charge is -2.35. The number of nitrogens with zero attached hydrogens (tertiary/aromatic N) is 3. The third-order valence-corrected chi connectivity index (χ3v) is 4.62. The van der Waals surface area contributed by atoms with E-state index < -0.39 is 0 Å². The van der Waals surface area contributed by atoms with Gasteiger partial charge in [-0.1, -0.05) is 19.1 Å². The normalized spacial score (nSPS) is 17.4. The molecule has 1 N–H and O–H groups in total. The third kappa shape index (κ3) is 4.32. The van der Waals surface area contributed by atoms with Crippen molar-refractivity contribution in [1.29, 1.82) is 0 Å². The molecule has 5 nitrogen and oxygen atoms in total. The van der Waals surface area contributed by atoms with E-state index in [2.05, 4.69) is 22.2 Å². The Kier molecular flexibility index (Phi) is 5.58. The van der Waals surface area contributed by atoms with Crippen molar-refractivity contribution < 1.29 is 9.18 Å². The molecule has 1 unspecified atom stereocenters. The lowest BCUT2D eigenvalue weighted by molar-refractivity contribution is 0.0607. The summed E-state index contributed by atoms with van der Waals surface area (Å²) in [6, 6.07) is 6.57. The minimum absolute atomic E-state index is 0.0108. The molecule has 25 heavy (non-hydrogen) atoms. The Hall–Kier alpha value is -2.50. The van der Waals surface area contributed by atoms with Gasteiger partial charge in [-0.25, -0.2) is 14.4 Å². The van der Waals surface area contributed by atoms with E-state index in [9.17, 15) is 9.18 Å². The maximum absolute atomic E-state index is 12.9. The van der Waals surface area contributed by atoms with Gasteiger partial charge in [0, 0.05) is 31.5 Å². The van der Waals surface area contributed by atoms with Gasteiger partial charge in [0.2, 0.25) is 5.95 Å². The van der Waals surface area contributed by atoms with Gasteiger partial charge in [0.1, 0.15) is 5.82 Å². The lowest BCUT2D eigenvalue weighted by atomic mass is 9.99. The van der Waals surface area contributed by atoms with Gasteiger partial charge in [-0.3, -0.25) is 4.79 Å². The monoisotopic (exact) mass is 342 g/mol. The predicted octanol–water partition coefficient (Wildman–Crippen LogP) is 3.63. The van der Waals surface area contributed by atoms with E-state index in [-0.39, 0.29) is 11.7 Å². The van der Waals surface area contributed by atoms with Crippen LogP contribution in [0.2, 0.25) is 0 Å². The van der Waals surface area contributed by atoms with Crippen LogP contribution in [0.4, 0.5) is 10.3 Å². The summed E-state index contributed by atoms with van der Waals surface area (Å²) < 4.78 is 12.9. The van der Waals surface area contributed by atoms with Crippen molar-refractivity contribution in [3.8, 4) is 0 Å². The number of halogens is 1. The Morgan fingerprint density at radius 1 is 1.24 bits per heavy atom. The van der Waals surface area contributed by atoms with Crippen LogP contribution in [-0.4, -0.2) is 33.4 Å². The fraction of sp³-hybridized carbons (Fsp3) is 0.421. The predicted molar refractivity (Wildman–Crippen MR) is 94.7 cm³/mol. The molecule has 1 atom stereocenters. The molecule has 1 aromatic heterocycles. The summed E-state index contributed by atoms with van der Waals surface area (Å²) in [5.41, 5.74) is 1.46. The number of benzene rings is 1. The molecule has 2 aromatic rings. The number of hydrogen-bond acceptors (Lipinski definition) is 4. The zero-order valence-electron chi connectivity index (χ0n) is 14.4. The minimum Gasteiger partial charge on any atom is -0.350 e. The van der Waals surface area contributed by atoms with E-state index in [1.165, 1.54) is 18.6 Å². The minimum atomic E-state index is -0.258. The second-order valence-corrected chi connectivity index (χ2v) is 6.33. The lowest BCUT2D eigenvalue weighted by Crippen LogP contribution is -2.43. The van der Waals surface area contributed by atoms with Crippen molar-refractivity contribution in [2.24, 2.45) is 0 Å². The van der Waals surface area contributed by atoms with E-state index in [1.807, 2.05) is 4.90 Å². The van der Waals surface area contributed by atoms with Crippen LogP contribution in [-0.2, 0) is 6.54 Å². The Labute approximate surface area is 147 Å². The molecule has 1 saturated heterocycles. The van der Waals surface area contributed by atoms with Crippen LogP contribution in [0, 0.1) is 5.82 Å². The highest BCUT2D eigenvalue weighted by molar-refractivity contribution is 5.94.